The molecule has 0 spiro atoms. The summed E-state index contributed by atoms with van der Waals surface area (Å²) in [5.74, 6) is 2.46. The van der Waals surface area contributed by atoms with E-state index >= 15 is 0 Å². The van der Waals surface area contributed by atoms with Crippen LogP contribution in [0.15, 0.2) is 127 Å². The summed E-state index contributed by atoms with van der Waals surface area (Å²) in [6.07, 6.45) is 13.2. The zero-order valence-electron chi connectivity index (χ0n) is 37.1. The standard InChI is InChI=1S/C57H63NO5/c1-38-9-8-25-55(2)52(50-23-15-39(30-48(59)21-14-38)31-51(50)53(60)46-18-16-45(17-19-46)43-10-4-3-5-11-43)24-26-57(55,62)37-58(36-56-33-40-27-41(34-56)29-42(28-40)35-56)54(61)63-49-22-20-44-12-6-7-13-47(44)32-49/h3-7,9-13,15-20,22-23,31-32,40-42,48,52,59,62H,8,14,21,24-30,33-37H2,1-2H3. The van der Waals surface area contributed by atoms with Crippen molar-refractivity contribution in [3.05, 3.63) is 149 Å². The molecule has 12 rings (SSSR count). The van der Waals surface area contributed by atoms with E-state index in [1.165, 1.54) is 24.8 Å². The number of rotatable bonds is 8. The molecule has 326 valence electrons. The van der Waals surface area contributed by atoms with Gasteiger partial charge in [0.1, 0.15) is 5.75 Å². The molecule has 4 atom stereocenters. The third kappa shape index (κ3) is 8.30. The van der Waals surface area contributed by atoms with E-state index in [1.807, 2.05) is 89.8 Å². The Hall–Kier alpha value is -5.04. The Balaban J connectivity index is 1.02. The predicted octanol–water partition coefficient (Wildman–Crippen LogP) is 12.5. The van der Waals surface area contributed by atoms with Crippen molar-refractivity contribution in [2.24, 2.45) is 28.6 Å². The molecule has 0 saturated heterocycles. The van der Waals surface area contributed by atoms with Gasteiger partial charge in [-0.25, -0.2) is 4.79 Å². The molecule has 0 aliphatic heterocycles. The van der Waals surface area contributed by atoms with Crippen LogP contribution >= 0.6 is 0 Å². The van der Waals surface area contributed by atoms with Gasteiger partial charge in [-0.2, -0.15) is 0 Å². The lowest BCUT2D eigenvalue weighted by molar-refractivity contribution is -0.101. The molecule has 6 heteroatoms. The van der Waals surface area contributed by atoms with Crippen LogP contribution in [-0.2, 0) is 6.42 Å². The molecule has 5 fully saturated rings. The van der Waals surface area contributed by atoms with Crippen LogP contribution in [-0.4, -0.2) is 51.8 Å². The van der Waals surface area contributed by atoms with Crippen molar-refractivity contribution in [1.29, 1.82) is 0 Å². The zero-order valence-corrected chi connectivity index (χ0v) is 37.1. The van der Waals surface area contributed by atoms with Crippen LogP contribution in [0.25, 0.3) is 21.9 Å². The van der Waals surface area contributed by atoms with E-state index in [0.717, 1.165) is 82.9 Å². The third-order valence-electron chi connectivity index (χ3n) is 16.5. The average molecular weight is 842 g/mol. The Morgan fingerprint density at radius 1 is 0.746 bits per heavy atom. The number of benzene rings is 5. The molecule has 0 radical (unpaired) electrons. The van der Waals surface area contributed by atoms with Crippen LogP contribution in [0.3, 0.4) is 0 Å². The van der Waals surface area contributed by atoms with Crippen LogP contribution in [0.1, 0.15) is 124 Å². The summed E-state index contributed by atoms with van der Waals surface area (Å²) in [5.41, 5.74) is 4.59. The third-order valence-corrected chi connectivity index (χ3v) is 16.5. The number of nitrogens with zero attached hydrogens (tertiary/aromatic N) is 1. The van der Waals surface area contributed by atoms with E-state index in [2.05, 4.69) is 50.3 Å². The minimum absolute atomic E-state index is 0.0333. The van der Waals surface area contributed by atoms with Crippen LogP contribution in [0.4, 0.5) is 4.79 Å². The molecule has 5 aromatic rings. The largest absolute Gasteiger partial charge is 0.415 e. The lowest BCUT2D eigenvalue weighted by Gasteiger charge is -2.58. The molecule has 5 aromatic carbocycles. The van der Waals surface area contributed by atoms with Gasteiger partial charge < -0.3 is 19.8 Å². The first-order valence-corrected chi connectivity index (χ1v) is 23.8. The summed E-state index contributed by atoms with van der Waals surface area (Å²) in [5, 5.41) is 26.8. The summed E-state index contributed by atoms with van der Waals surface area (Å²) >= 11 is 0. The van der Waals surface area contributed by atoms with Gasteiger partial charge in [0.25, 0.3) is 0 Å². The fourth-order valence-corrected chi connectivity index (χ4v) is 13.6. The van der Waals surface area contributed by atoms with Crippen molar-refractivity contribution in [1.82, 2.24) is 4.90 Å². The van der Waals surface area contributed by atoms with Crippen LogP contribution < -0.4 is 4.74 Å². The normalized spacial score (nSPS) is 30.1. The molecule has 7 aliphatic rings. The van der Waals surface area contributed by atoms with Gasteiger partial charge in [-0.15, -0.1) is 0 Å². The number of carbonyl (C=O) groups is 2. The maximum absolute atomic E-state index is 14.9. The smallest absolute Gasteiger partial charge is 0.410 e. The van der Waals surface area contributed by atoms with E-state index in [1.54, 1.807) is 0 Å². The number of fused-ring (bicyclic) bond motifs is 9. The summed E-state index contributed by atoms with van der Waals surface area (Å²) in [6, 6.07) is 38.2. The van der Waals surface area contributed by atoms with Gasteiger partial charge in [0.15, 0.2) is 5.78 Å². The first-order valence-electron chi connectivity index (χ1n) is 23.8. The van der Waals surface area contributed by atoms with Gasteiger partial charge in [0, 0.05) is 23.1 Å². The van der Waals surface area contributed by atoms with Crippen LogP contribution in [0, 0.1) is 28.6 Å². The van der Waals surface area contributed by atoms with Crippen LogP contribution in [0.2, 0.25) is 0 Å². The maximum atomic E-state index is 14.9. The van der Waals surface area contributed by atoms with Crippen molar-refractivity contribution in [2.75, 3.05) is 13.1 Å². The summed E-state index contributed by atoms with van der Waals surface area (Å²) in [7, 11) is 0. The Bertz CT molecular complexity index is 2490. The van der Waals surface area contributed by atoms with Crippen molar-refractivity contribution in [2.45, 2.75) is 115 Å². The molecule has 0 aromatic heterocycles. The molecule has 0 heterocycles. The van der Waals surface area contributed by atoms with Crippen molar-refractivity contribution in [3.8, 4) is 16.9 Å². The Morgan fingerprint density at radius 2 is 1.43 bits per heavy atom. The molecule has 63 heavy (non-hydrogen) atoms. The molecule has 5 saturated carbocycles. The quantitative estimate of drug-likeness (QED) is 0.120. The second-order valence-electron chi connectivity index (χ2n) is 20.9. The zero-order chi connectivity index (χ0) is 43.3. The van der Waals surface area contributed by atoms with E-state index in [9.17, 15) is 19.8 Å². The SMILES string of the molecule is CC1=CCCC2(C)C(CCC2(O)CN(CC23CC4CC(CC(C4)C2)C3)C(=O)Oc2ccc3ccccc3c2)c2ccc(cc2C(=O)c2ccc(-c3ccccc3)cc2)CC(O)CC1. The second kappa shape index (κ2) is 16.8. The van der Waals surface area contributed by atoms with E-state index in [4.69, 9.17) is 4.74 Å². The molecule has 1 amide bonds. The molecule has 6 bridgehead atoms. The Labute approximate surface area is 373 Å². The number of aliphatic hydroxyl groups excluding tert-OH is 1. The van der Waals surface area contributed by atoms with Gasteiger partial charge in [-0.1, -0.05) is 116 Å². The van der Waals surface area contributed by atoms with Gasteiger partial charge in [-0.3, -0.25) is 4.79 Å². The minimum atomic E-state index is -1.26. The van der Waals surface area contributed by atoms with E-state index in [-0.39, 0.29) is 23.7 Å². The molecular weight excluding hydrogens is 779 g/mol. The fourth-order valence-electron chi connectivity index (χ4n) is 13.6. The lowest BCUT2D eigenvalue weighted by atomic mass is 9.49. The minimum Gasteiger partial charge on any atom is -0.410 e. The molecule has 7 aliphatic carbocycles. The van der Waals surface area contributed by atoms with Crippen molar-refractivity contribution in [3.63, 3.8) is 0 Å². The Morgan fingerprint density at radius 3 is 2.16 bits per heavy atom. The molecule has 2 N–H and O–H groups in total. The number of carbonyl (C=O) groups excluding carboxylic acids is 2. The highest BCUT2D eigenvalue weighted by Crippen LogP contribution is 2.62. The first-order chi connectivity index (χ1) is 30.4. The second-order valence-corrected chi connectivity index (χ2v) is 20.9. The highest BCUT2D eigenvalue weighted by molar-refractivity contribution is 6.10. The van der Waals surface area contributed by atoms with Crippen LogP contribution in [0.5, 0.6) is 5.75 Å². The summed E-state index contributed by atoms with van der Waals surface area (Å²) < 4.78 is 6.34. The molecule has 4 unspecified atom stereocenters. The van der Waals surface area contributed by atoms with Gasteiger partial charge in [0.2, 0.25) is 0 Å². The Kier molecular flexibility index (Phi) is 11.2. The number of ether oxygens (including phenoxy) is 1. The number of hydrogen-bond donors (Lipinski definition) is 2. The number of allylic oxidation sites excluding steroid dienone is 2. The van der Waals surface area contributed by atoms with Gasteiger partial charge in [0.05, 0.1) is 18.2 Å². The van der Waals surface area contributed by atoms with Gasteiger partial charge in [-0.05, 0) is 171 Å². The lowest BCUT2D eigenvalue weighted by Crippen LogP contribution is -2.58. The fraction of sp³-hybridized carbons (Fsp3) is 0.439. The van der Waals surface area contributed by atoms with Crippen molar-refractivity contribution >= 4 is 22.6 Å². The maximum Gasteiger partial charge on any atom is 0.415 e. The van der Waals surface area contributed by atoms with Gasteiger partial charge >= 0.3 is 6.09 Å². The number of aliphatic hydroxyl groups is 2. The number of amides is 1. The monoisotopic (exact) mass is 841 g/mol. The van der Waals surface area contributed by atoms with E-state index < -0.39 is 23.2 Å². The number of ketones is 1. The first kappa shape index (κ1) is 41.9. The summed E-state index contributed by atoms with van der Waals surface area (Å²) in [4.78, 5) is 31.6. The predicted molar refractivity (Wildman–Crippen MR) is 251 cm³/mol. The van der Waals surface area contributed by atoms with Crippen molar-refractivity contribution < 1.29 is 24.5 Å². The van der Waals surface area contributed by atoms with E-state index in [0.29, 0.717) is 55.5 Å². The highest BCUT2D eigenvalue weighted by Gasteiger charge is 2.59. The number of hydrogen-bond acceptors (Lipinski definition) is 5. The highest BCUT2D eigenvalue weighted by atomic mass is 16.6. The molecule has 6 nitrogen and oxygen atoms in total. The molecular formula is C57H63NO5. The summed E-state index contributed by atoms with van der Waals surface area (Å²) in [6.45, 7) is 5.12. The topological polar surface area (TPSA) is 87.1 Å². The average Bonchev–Trinajstić information content (AvgIpc) is 3.53.